The highest BCUT2D eigenvalue weighted by atomic mass is 16.5. The van der Waals surface area contributed by atoms with Crippen LogP contribution in [0.15, 0.2) is 60.7 Å². The van der Waals surface area contributed by atoms with Crippen LogP contribution in [0.3, 0.4) is 0 Å². The summed E-state index contributed by atoms with van der Waals surface area (Å²) in [7, 11) is 0. The van der Waals surface area contributed by atoms with Crippen LogP contribution in [-0.2, 0) is 20.7 Å². The zero-order valence-electron chi connectivity index (χ0n) is 16.0. The van der Waals surface area contributed by atoms with Crippen molar-refractivity contribution in [2.45, 2.75) is 44.8 Å². The lowest BCUT2D eigenvalue weighted by molar-refractivity contribution is -0.132. The number of anilines is 1. The maximum atomic E-state index is 13.1. The minimum absolute atomic E-state index is 0.00654. The van der Waals surface area contributed by atoms with E-state index in [1.54, 1.807) is 0 Å². The molecule has 1 fully saturated rings. The highest BCUT2D eigenvalue weighted by Crippen LogP contribution is 2.18. The first-order valence-corrected chi connectivity index (χ1v) is 9.87. The summed E-state index contributed by atoms with van der Waals surface area (Å²) in [6.45, 7) is 3.74. The van der Waals surface area contributed by atoms with Crippen LogP contribution >= 0.6 is 0 Å². The van der Waals surface area contributed by atoms with Crippen LogP contribution in [0.5, 0.6) is 0 Å². The number of rotatable bonds is 8. The van der Waals surface area contributed by atoms with Gasteiger partial charge in [0, 0.05) is 18.8 Å². The van der Waals surface area contributed by atoms with Crippen molar-refractivity contribution in [2.24, 2.45) is 0 Å². The molecule has 0 saturated carbocycles. The SMILES string of the molecule is CC(OCC1CCCCO1)C(=O)N(CCc1ccccc1)c1ccccc1. The van der Waals surface area contributed by atoms with Gasteiger partial charge in [-0.3, -0.25) is 4.79 Å². The lowest BCUT2D eigenvalue weighted by Crippen LogP contribution is -2.41. The fraction of sp³-hybridized carbons (Fsp3) is 0.435. The largest absolute Gasteiger partial charge is 0.376 e. The van der Waals surface area contributed by atoms with Gasteiger partial charge < -0.3 is 14.4 Å². The van der Waals surface area contributed by atoms with Gasteiger partial charge in [-0.25, -0.2) is 0 Å². The Balaban J connectivity index is 1.62. The highest BCUT2D eigenvalue weighted by Gasteiger charge is 2.24. The Morgan fingerprint density at radius 1 is 1.11 bits per heavy atom. The molecule has 2 atom stereocenters. The number of nitrogens with zero attached hydrogens (tertiary/aromatic N) is 1. The maximum absolute atomic E-state index is 13.1. The van der Waals surface area contributed by atoms with E-state index in [0.29, 0.717) is 13.2 Å². The summed E-state index contributed by atoms with van der Waals surface area (Å²) < 4.78 is 11.6. The van der Waals surface area contributed by atoms with Crippen LogP contribution in [0, 0.1) is 0 Å². The van der Waals surface area contributed by atoms with E-state index in [4.69, 9.17) is 9.47 Å². The Morgan fingerprint density at radius 3 is 2.48 bits per heavy atom. The average molecular weight is 367 g/mol. The summed E-state index contributed by atoms with van der Waals surface area (Å²) in [6, 6.07) is 20.1. The third kappa shape index (κ3) is 5.91. The molecule has 3 rings (SSSR count). The van der Waals surface area contributed by atoms with E-state index >= 15 is 0 Å². The van der Waals surface area contributed by atoms with Crippen molar-refractivity contribution in [2.75, 3.05) is 24.7 Å². The number of carbonyl (C=O) groups excluding carboxylic acids is 1. The molecule has 0 aromatic heterocycles. The summed E-state index contributed by atoms with van der Waals surface area (Å²) in [6.07, 6.45) is 3.72. The van der Waals surface area contributed by atoms with Gasteiger partial charge >= 0.3 is 0 Å². The Morgan fingerprint density at radius 2 is 1.81 bits per heavy atom. The normalized spacial score (nSPS) is 18.0. The van der Waals surface area contributed by atoms with E-state index in [0.717, 1.165) is 31.6 Å². The van der Waals surface area contributed by atoms with Crippen molar-refractivity contribution in [3.63, 3.8) is 0 Å². The van der Waals surface area contributed by atoms with Gasteiger partial charge in [-0.1, -0.05) is 48.5 Å². The summed E-state index contributed by atoms with van der Waals surface area (Å²) in [5.74, 6) is -0.00654. The van der Waals surface area contributed by atoms with Gasteiger partial charge in [0.15, 0.2) is 0 Å². The van der Waals surface area contributed by atoms with Crippen LogP contribution in [0.1, 0.15) is 31.7 Å². The van der Waals surface area contributed by atoms with E-state index < -0.39 is 6.10 Å². The first-order valence-electron chi connectivity index (χ1n) is 9.87. The lowest BCUT2D eigenvalue weighted by Gasteiger charge is -2.28. The van der Waals surface area contributed by atoms with E-state index in [1.165, 1.54) is 12.0 Å². The molecule has 4 nitrogen and oxygen atoms in total. The molecule has 4 heteroatoms. The molecule has 0 aliphatic carbocycles. The predicted molar refractivity (Wildman–Crippen MR) is 108 cm³/mol. The topological polar surface area (TPSA) is 38.8 Å². The van der Waals surface area contributed by atoms with E-state index in [2.05, 4.69) is 12.1 Å². The van der Waals surface area contributed by atoms with Crippen molar-refractivity contribution < 1.29 is 14.3 Å². The van der Waals surface area contributed by atoms with Crippen LogP contribution in [0.4, 0.5) is 5.69 Å². The second-order valence-corrected chi connectivity index (χ2v) is 7.03. The summed E-state index contributed by atoms with van der Waals surface area (Å²) >= 11 is 0. The van der Waals surface area contributed by atoms with Gasteiger partial charge in [0.2, 0.25) is 0 Å². The molecule has 1 saturated heterocycles. The van der Waals surface area contributed by atoms with Crippen molar-refractivity contribution >= 4 is 11.6 Å². The fourth-order valence-corrected chi connectivity index (χ4v) is 3.34. The Labute approximate surface area is 162 Å². The van der Waals surface area contributed by atoms with Gasteiger partial charge in [-0.2, -0.15) is 0 Å². The molecule has 1 aliphatic heterocycles. The zero-order valence-corrected chi connectivity index (χ0v) is 16.0. The van der Waals surface area contributed by atoms with Gasteiger partial charge in [0.1, 0.15) is 6.10 Å². The highest BCUT2D eigenvalue weighted by molar-refractivity contribution is 5.96. The van der Waals surface area contributed by atoms with Crippen LogP contribution in [0.25, 0.3) is 0 Å². The molecule has 0 N–H and O–H groups in total. The standard InChI is InChI=1S/C23H29NO3/c1-19(27-18-22-14-8-9-17-26-22)23(25)24(21-12-6-3-7-13-21)16-15-20-10-4-2-5-11-20/h2-7,10-13,19,22H,8-9,14-18H2,1H3. The second kappa shape index (κ2) is 10.2. The van der Waals surface area contributed by atoms with E-state index in [9.17, 15) is 4.79 Å². The summed E-state index contributed by atoms with van der Waals surface area (Å²) in [5, 5.41) is 0. The molecular formula is C23H29NO3. The quantitative estimate of drug-likeness (QED) is 0.701. The minimum Gasteiger partial charge on any atom is -0.376 e. The number of benzene rings is 2. The third-order valence-corrected chi connectivity index (χ3v) is 4.95. The predicted octanol–water partition coefficient (Wildman–Crippen LogP) is 4.24. The molecule has 0 bridgehead atoms. The fourth-order valence-electron chi connectivity index (χ4n) is 3.34. The Bertz CT molecular complexity index is 683. The van der Waals surface area contributed by atoms with Gasteiger partial charge in [-0.05, 0) is 50.3 Å². The first-order chi connectivity index (χ1) is 13.2. The number of hydrogen-bond acceptors (Lipinski definition) is 3. The molecule has 1 heterocycles. The van der Waals surface area contributed by atoms with Crippen molar-refractivity contribution in [3.8, 4) is 0 Å². The number of para-hydroxylation sites is 1. The molecule has 144 valence electrons. The second-order valence-electron chi connectivity index (χ2n) is 7.03. The van der Waals surface area contributed by atoms with Crippen LogP contribution in [-0.4, -0.2) is 37.9 Å². The minimum atomic E-state index is -0.494. The number of carbonyl (C=O) groups is 1. The summed E-state index contributed by atoms with van der Waals surface area (Å²) in [5.41, 5.74) is 2.12. The van der Waals surface area contributed by atoms with Gasteiger partial charge in [-0.15, -0.1) is 0 Å². The molecule has 0 radical (unpaired) electrons. The first kappa shape index (κ1) is 19.6. The van der Waals surface area contributed by atoms with Crippen molar-refractivity contribution in [3.05, 3.63) is 66.2 Å². The third-order valence-electron chi connectivity index (χ3n) is 4.95. The van der Waals surface area contributed by atoms with E-state index in [-0.39, 0.29) is 12.0 Å². The van der Waals surface area contributed by atoms with Crippen molar-refractivity contribution in [1.82, 2.24) is 0 Å². The molecule has 27 heavy (non-hydrogen) atoms. The summed E-state index contributed by atoms with van der Waals surface area (Å²) in [4.78, 5) is 14.9. The van der Waals surface area contributed by atoms with Gasteiger partial charge in [0.05, 0.1) is 12.7 Å². The molecule has 2 unspecified atom stereocenters. The average Bonchev–Trinajstić information content (AvgIpc) is 2.74. The Kier molecular flexibility index (Phi) is 7.43. The van der Waals surface area contributed by atoms with Crippen molar-refractivity contribution in [1.29, 1.82) is 0 Å². The molecule has 1 aliphatic rings. The molecule has 0 spiro atoms. The lowest BCUT2D eigenvalue weighted by atomic mass is 10.1. The number of hydrogen-bond donors (Lipinski definition) is 0. The molecular weight excluding hydrogens is 338 g/mol. The van der Waals surface area contributed by atoms with Crippen LogP contribution < -0.4 is 4.90 Å². The maximum Gasteiger partial charge on any atom is 0.255 e. The molecule has 2 aromatic rings. The zero-order chi connectivity index (χ0) is 18.9. The number of amides is 1. The Hall–Kier alpha value is -2.17. The van der Waals surface area contributed by atoms with E-state index in [1.807, 2.05) is 60.4 Å². The molecule has 1 amide bonds. The smallest absolute Gasteiger partial charge is 0.255 e. The number of ether oxygens (including phenoxy) is 2. The monoisotopic (exact) mass is 367 g/mol. The van der Waals surface area contributed by atoms with Crippen LogP contribution in [0.2, 0.25) is 0 Å². The molecule has 2 aromatic carbocycles. The van der Waals surface area contributed by atoms with Gasteiger partial charge in [0.25, 0.3) is 5.91 Å².